The summed E-state index contributed by atoms with van der Waals surface area (Å²) in [6.45, 7) is 1.41. The van der Waals surface area contributed by atoms with Crippen molar-refractivity contribution in [1.82, 2.24) is 10.2 Å². The number of carbonyl (C=O) groups is 1. The van der Waals surface area contributed by atoms with E-state index in [9.17, 15) is 4.79 Å². The van der Waals surface area contributed by atoms with Crippen LogP contribution in [0.5, 0.6) is 5.75 Å². The van der Waals surface area contributed by atoms with Crippen LogP contribution >= 0.6 is 23.4 Å². The minimum Gasteiger partial charge on any atom is -0.492 e. The van der Waals surface area contributed by atoms with E-state index in [4.69, 9.17) is 16.3 Å². The molecule has 6 heteroatoms. The molecule has 0 radical (unpaired) electrons. The van der Waals surface area contributed by atoms with E-state index >= 15 is 0 Å². The van der Waals surface area contributed by atoms with Crippen LogP contribution in [0, 0.1) is 0 Å². The fourth-order valence-electron chi connectivity index (χ4n) is 2.17. The number of likely N-dealkylation sites (N-methyl/N-ethyl adjacent to an activating group) is 1. The van der Waals surface area contributed by atoms with Gasteiger partial charge in [-0.15, -0.1) is 0 Å². The summed E-state index contributed by atoms with van der Waals surface area (Å²) in [5.41, 5.74) is 0. The second kappa shape index (κ2) is 8.51. The lowest BCUT2D eigenvalue weighted by molar-refractivity contribution is -0.122. The lowest BCUT2D eigenvalue weighted by Crippen LogP contribution is -2.41. The van der Waals surface area contributed by atoms with Gasteiger partial charge >= 0.3 is 0 Å². The Morgan fingerprint density at radius 2 is 2.24 bits per heavy atom. The van der Waals surface area contributed by atoms with E-state index in [1.54, 1.807) is 12.1 Å². The number of rotatable bonds is 7. The van der Waals surface area contributed by atoms with Crippen molar-refractivity contribution in [2.24, 2.45) is 0 Å². The van der Waals surface area contributed by atoms with Gasteiger partial charge in [0.05, 0.1) is 13.1 Å². The van der Waals surface area contributed by atoms with Gasteiger partial charge in [-0.25, -0.2) is 0 Å². The smallest absolute Gasteiger partial charge is 0.234 e. The first-order valence-electron chi connectivity index (χ1n) is 7.08. The average molecular weight is 329 g/mol. The largest absolute Gasteiger partial charge is 0.492 e. The van der Waals surface area contributed by atoms with E-state index in [2.05, 4.69) is 10.2 Å². The van der Waals surface area contributed by atoms with Crippen LogP contribution in [0.25, 0.3) is 0 Å². The third-order valence-corrected chi connectivity index (χ3v) is 4.83. The van der Waals surface area contributed by atoms with Crippen LogP contribution in [0.1, 0.15) is 6.42 Å². The second-order valence-corrected chi connectivity index (χ2v) is 6.67. The number of thioether (sulfide) groups is 1. The van der Waals surface area contributed by atoms with Crippen LogP contribution in [-0.4, -0.2) is 55.1 Å². The Bertz CT molecular complexity index is 449. The van der Waals surface area contributed by atoms with Gasteiger partial charge in [-0.3, -0.25) is 9.69 Å². The zero-order valence-corrected chi connectivity index (χ0v) is 13.8. The zero-order valence-electron chi connectivity index (χ0n) is 12.2. The SMILES string of the molecule is CN(CC(=O)NCCOc1ccc(Cl)cc1)[C@H]1CCSC1. The number of halogens is 1. The highest BCUT2D eigenvalue weighted by molar-refractivity contribution is 7.99. The minimum atomic E-state index is 0.0501. The number of nitrogens with zero attached hydrogens (tertiary/aromatic N) is 1. The van der Waals surface area contributed by atoms with Crippen LogP contribution in [0.3, 0.4) is 0 Å². The highest BCUT2D eigenvalue weighted by atomic mass is 35.5. The summed E-state index contributed by atoms with van der Waals surface area (Å²) >= 11 is 7.75. The quantitative estimate of drug-likeness (QED) is 0.780. The molecule has 0 aliphatic carbocycles. The molecule has 1 aliphatic heterocycles. The Labute approximate surface area is 135 Å². The molecule has 1 amide bonds. The number of benzene rings is 1. The molecule has 0 saturated carbocycles. The van der Waals surface area contributed by atoms with Crippen molar-refractivity contribution >= 4 is 29.3 Å². The van der Waals surface area contributed by atoms with Crippen LogP contribution in [0.15, 0.2) is 24.3 Å². The molecule has 0 bridgehead atoms. The fourth-order valence-corrected chi connectivity index (χ4v) is 3.60. The number of carbonyl (C=O) groups excluding carboxylic acids is 1. The van der Waals surface area contributed by atoms with Gasteiger partial charge in [0.2, 0.25) is 5.91 Å². The van der Waals surface area contributed by atoms with E-state index in [0.717, 1.165) is 11.5 Å². The van der Waals surface area contributed by atoms with Gasteiger partial charge in [0.25, 0.3) is 0 Å². The summed E-state index contributed by atoms with van der Waals surface area (Å²) in [6, 6.07) is 7.73. The number of hydrogen-bond donors (Lipinski definition) is 1. The number of amides is 1. The number of hydrogen-bond acceptors (Lipinski definition) is 4. The van der Waals surface area contributed by atoms with Crippen molar-refractivity contribution in [2.45, 2.75) is 12.5 Å². The first kappa shape index (κ1) is 16.5. The van der Waals surface area contributed by atoms with Crippen LogP contribution < -0.4 is 10.1 Å². The molecule has 2 rings (SSSR count). The molecule has 21 heavy (non-hydrogen) atoms. The molecule has 1 atom stereocenters. The molecule has 1 aromatic carbocycles. The molecule has 1 fully saturated rings. The van der Waals surface area contributed by atoms with Gasteiger partial charge in [0.15, 0.2) is 0 Å². The van der Waals surface area contributed by atoms with Crippen LogP contribution in [-0.2, 0) is 4.79 Å². The normalized spacial score (nSPS) is 18.0. The Morgan fingerprint density at radius 3 is 2.90 bits per heavy atom. The van der Waals surface area contributed by atoms with Gasteiger partial charge in [0.1, 0.15) is 12.4 Å². The molecule has 1 saturated heterocycles. The van der Waals surface area contributed by atoms with Crippen molar-refractivity contribution < 1.29 is 9.53 Å². The lowest BCUT2D eigenvalue weighted by atomic mass is 10.2. The minimum absolute atomic E-state index is 0.0501. The fraction of sp³-hybridized carbons (Fsp3) is 0.533. The molecule has 1 heterocycles. The first-order chi connectivity index (χ1) is 10.1. The summed E-state index contributed by atoms with van der Waals surface area (Å²) < 4.78 is 5.53. The van der Waals surface area contributed by atoms with Crippen molar-refractivity contribution in [2.75, 3.05) is 38.2 Å². The van der Waals surface area contributed by atoms with Crippen molar-refractivity contribution in [3.05, 3.63) is 29.3 Å². The molecule has 1 N–H and O–H groups in total. The predicted octanol–water partition coefficient (Wildman–Crippen LogP) is 2.27. The highest BCUT2D eigenvalue weighted by Crippen LogP contribution is 2.20. The first-order valence-corrected chi connectivity index (χ1v) is 8.61. The van der Waals surface area contributed by atoms with Gasteiger partial charge < -0.3 is 10.1 Å². The average Bonchev–Trinajstić information content (AvgIpc) is 3.00. The van der Waals surface area contributed by atoms with Crippen molar-refractivity contribution in [1.29, 1.82) is 0 Å². The molecule has 0 unspecified atom stereocenters. The molecule has 0 aromatic heterocycles. The van der Waals surface area contributed by atoms with Gasteiger partial charge in [0, 0.05) is 16.8 Å². The van der Waals surface area contributed by atoms with E-state index < -0.39 is 0 Å². The summed E-state index contributed by atoms with van der Waals surface area (Å²) in [5.74, 6) is 3.14. The molecular weight excluding hydrogens is 308 g/mol. The van der Waals surface area contributed by atoms with Crippen molar-refractivity contribution in [3.63, 3.8) is 0 Å². The Kier molecular flexibility index (Phi) is 6.67. The van der Waals surface area contributed by atoms with E-state index in [0.29, 0.717) is 30.8 Å². The summed E-state index contributed by atoms with van der Waals surface area (Å²) in [6.07, 6.45) is 1.17. The molecule has 116 valence electrons. The third kappa shape index (κ3) is 5.77. The zero-order chi connectivity index (χ0) is 15.1. The third-order valence-electron chi connectivity index (χ3n) is 3.43. The Balaban J connectivity index is 1.59. The maximum absolute atomic E-state index is 11.8. The maximum atomic E-state index is 11.8. The van der Waals surface area contributed by atoms with Crippen LogP contribution in [0.2, 0.25) is 5.02 Å². The number of ether oxygens (including phenoxy) is 1. The summed E-state index contributed by atoms with van der Waals surface area (Å²) in [7, 11) is 2.01. The summed E-state index contributed by atoms with van der Waals surface area (Å²) in [4.78, 5) is 14.0. The monoisotopic (exact) mass is 328 g/mol. The number of nitrogens with one attached hydrogen (secondary N) is 1. The predicted molar refractivity (Wildman–Crippen MR) is 88.3 cm³/mol. The molecular formula is C15H21ClN2O2S. The van der Waals surface area contributed by atoms with E-state index in [-0.39, 0.29) is 5.91 Å². The standard InChI is InChI=1S/C15H21ClN2O2S/c1-18(13-6-9-21-11-13)10-15(19)17-7-8-20-14-4-2-12(16)3-5-14/h2-5,13H,6-11H2,1H3,(H,17,19)/t13-/m0/s1. The molecule has 1 aromatic rings. The summed E-state index contributed by atoms with van der Waals surface area (Å²) in [5, 5.41) is 3.56. The highest BCUT2D eigenvalue weighted by Gasteiger charge is 2.21. The van der Waals surface area contributed by atoms with E-state index in [1.165, 1.54) is 12.2 Å². The van der Waals surface area contributed by atoms with E-state index in [1.807, 2.05) is 30.9 Å². The molecule has 4 nitrogen and oxygen atoms in total. The van der Waals surface area contributed by atoms with Gasteiger partial charge in [-0.05, 0) is 43.5 Å². The molecule has 0 spiro atoms. The lowest BCUT2D eigenvalue weighted by Gasteiger charge is -2.22. The van der Waals surface area contributed by atoms with Gasteiger partial charge in [-0.1, -0.05) is 11.6 Å². The molecule has 1 aliphatic rings. The van der Waals surface area contributed by atoms with Gasteiger partial charge in [-0.2, -0.15) is 11.8 Å². The topological polar surface area (TPSA) is 41.6 Å². The maximum Gasteiger partial charge on any atom is 0.234 e. The second-order valence-electron chi connectivity index (χ2n) is 5.08. The van der Waals surface area contributed by atoms with Crippen LogP contribution in [0.4, 0.5) is 0 Å². The Morgan fingerprint density at radius 1 is 1.48 bits per heavy atom. The Hall–Kier alpha value is -0.910. The van der Waals surface area contributed by atoms with Crippen molar-refractivity contribution in [3.8, 4) is 5.75 Å².